The minimum Gasteiger partial charge on any atom is -0.445 e. The Morgan fingerprint density at radius 1 is 0.854 bits per heavy atom. The lowest BCUT2D eigenvalue weighted by molar-refractivity contribution is -0.199. The van der Waals surface area contributed by atoms with E-state index in [1.165, 1.54) is 0 Å². The van der Waals surface area contributed by atoms with Crippen LogP contribution in [-0.2, 0) is 41.5 Å². The van der Waals surface area contributed by atoms with Crippen LogP contribution in [0.1, 0.15) is 65.5 Å². The largest absolute Gasteiger partial charge is 0.478 e. The van der Waals surface area contributed by atoms with Crippen LogP contribution in [0.2, 0.25) is 0 Å². The first-order valence-corrected chi connectivity index (χ1v) is 17.0. The molecule has 3 aliphatic carbocycles. The molecule has 2 bridgehead atoms. The van der Waals surface area contributed by atoms with E-state index in [4.69, 9.17) is 14.0 Å². The normalized spacial score (nSPS) is 25.5. The van der Waals surface area contributed by atoms with Gasteiger partial charge in [0.25, 0.3) is 0 Å². The zero-order valence-electron chi connectivity index (χ0n) is 28.8. The Labute approximate surface area is 283 Å². The third kappa shape index (κ3) is 7.87. The number of rotatable bonds is 13. The first kappa shape index (κ1) is 35.4. The lowest BCUT2D eigenvalue weighted by Gasteiger charge is -2.64. The predicted octanol–water partition coefficient (Wildman–Crippen LogP) is 3.55. The number of carbonyl (C=O) groups excluding carboxylic acids is 4. The fraction of sp³-hybridized carbons (Fsp3) is 0.556. The topological polar surface area (TPSA) is 144 Å². The van der Waals surface area contributed by atoms with Crippen molar-refractivity contribution in [1.29, 1.82) is 0 Å². The highest BCUT2D eigenvalue weighted by Gasteiger charge is 2.67. The van der Waals surface area contributed by atoms with Crippen LogP contribution in [-0.4, -0.2) is 67.2 Å². The van der Waals surface area contributed by atoms with Crippen LogP contribution in [0, 0.1) is 23.2 Å². The van der Waals surface area contributed by atoms with Gasteiger partial charge in [0.2, 0.25) is 17.7 Å². The molecule has 0 aromatic heterocycles. The van der Waals surface area contributed by atoms with E-state index >= 15 is 0 Å². The molecule has 2 aromatic rings. The Kier molecular flexibility index (Phi) is 10.8. The summed E-state index contributed by atoms with van der Waals surface area (Å²) in [5, 5.41) is 11.0. The average molecular weight is 661 g/mol. The number of amides is 4. The maximum absolute atomic E-state index is 13.6. The van der Waals surface area contributed by atoms with E-state index in [-0.39, 0.29) is 42.5 Å². The Bertz CT molecular complexity index is 1460. The molecule has 7 atom stereocenters. The summed E-state index contributed by atoms with van der Waals surface area (Å²) in [7, 11) is -0.563. The highest BCUT2D eigenvalue weighted by Crippen LogP contribution is 2.65. The van der Waals surface area contributed by atoms with E-state index in [1.807, 2.05) is 60.7 Å². The Hall–Kier alpha value is -3.90. The summed E-state index contributed by atoms with van der Waals surface area (Å²) < 4.78 is 17.9. The fourth-order valence-electron chi connectivity index (χ4n) is 7.50. The molecule has 3 saturated carbocycles. The van der Waals surface area contributed by atoms with E-state index in [2.05, 4.69) is 42.0 Å². The van der Waals surface area contributed by atoms with Crippen LogP contribution >= 0.6 is 0 Å². The molecule has 11 nitrogen and oxygen atoms in total. The van der Waals surface area contributed by atoms with Gasteiger partial charge >= 0.3 is 13.2 Å². The van der Waals surface area contributed by atoms with E-state index in [0.29, 0.717) is 11.8 Å². The number of hydrogen-bond donors (Lipinski definition) is 4. The van der Waals surface area contributed by atoms with Crippen molar-refractivity contribution in [3.63, 3.8) is 0 Å². The zero-order valence-corrected chi connectivity index (χ0v) is 28.8. The summed E-state index contributed by atoms with van der Waals surface area (Å²) in [5.41, 5.74) is 1.47. The summed E-state index contributed by atoms with van der Waals surface area (Å²) in [5.74, 6) is -0.735. The molecular formula is C36H49BN4O7. The summed E-state index contributed by atoms with van der Waals surface area (Å²) >= 11 is 0. The van der Waals surface area contributed by atoms with E-state index in [9.17, 15) is 19.2 Å². The highest BCUT2D eigenvalue weighted by atomic mass is 16.7. The van der Waals surface area contributed by atoms with Gasteiger partial charge in [-0.25, -0.2) is 4.79 Å². The molecule has 4 fully saturated rings. The summed E-state index contributed by atoms with van der Waals surface area (Å²) in [4.78, 5) is 52.8. The van der Waals surface area contributed by atoms with Crippen LogP contribution in [0.3, 0.4) is 0 Å². The maximum Gasteiger partial charge on any atom is 0.478 e. The average Bonchev–Trinajstić information content (AvgIpc) is 3.41. The molecule has 0 radical (unpaired) electrons. The molecular weight excluding hydrogens is 611 g/mol. The highest BCUT2D eigenvalue weighted by molar-refractivity contribution is 6.46. The maximum atomic E-state index is 13.6. The number of alkyl carbamates (subject to hydrolysis) is 1. The summed E-state index contributed by atoms with van der Waals surface area (Å²) in [6.07, 6.45) is 1.69. The van der Waals surface area contributed by atoms with Gasteiger partial charge in [-0.05, 0) is 61.0 Å². The number of carbonyl (C=O) groups is 4. The van der Waals surface area contributed by atoms with Gasteiger partial charge in [-0.2, -0.15) is 0 Å². The molecule has 258 valence electrons. The Morgan fingerprint density at radius 2 is 1.50 bits per heavy atom. The number of hydrogen-bond acceptors (Lipinski definition) is 7. The van der Waals surface area contributed by atoms with Crippen molar-refractivity contribution in [3.05, 3.63) is 71.8 Å². The SMILES string of the molecule is CC(C)[C@H](NC(=O)OCc1ccccc1)C(=O)N[C@@H](Cc1ccccc1)C(=O)N[C@@H](C)C(=O)NCB1O[C@@H]2CC3C[C@@H](C3(C)C)[C@]2(C)O1. The second-order valence-electron chi connectivity index (χ2n) is 14.6. The lowest BCUT2D eigenvalue weighted by Crippen LogP contribution is -2.65. The first-order chi connectivity index (χ1) is 22.8. The van der Waals surface area contributed by atoms with Crippen LogP contribution in [0.15, 0.2) is 60.7 Å². The van der Waals surface area contributed by atoms with E-state index in [1.54, 1.807) is 20.8 Å². The Morgan fingerprint density at radius 3 is 2.12 bits per heavy atom. The Balaban J connectivity index is 1.16. The van der Waals surface area contributed by atoms with Gasteiger partial charge in [-0.3, -0.25) is 14.4 Å². The number of nitrogens with one attached hydrogen (secondary N) is 4. The van der Waals surface area contributed by atoms with E-state index in [0.717, 1.165) is 24.0 Å². The molecule has 0 spiro atoms. The van der Waals surface area contributed by atoms with Gasteiger partial charge in [0, 0.05) is 6.42 Å². The third-order valence-corrected chi connectivity index (χ3v) is 10.5. The molecule has 1 heterocycles. The van der Waals surface area contributed by atoms with Crippen LogP contribution < -0.4 is 21.3 Å². The van der Waals surface area contributed by atoms with Crippen molar-refractivity contribution in [2.24, 2.45) is 23.2 Å². The first-order valence-electron chi connectivity index (χ1n) is 17.0. The standard InChI is InChI=1S/C36H49BN4O7/c1-22(2)30(41-34(45)46-20-25-15-11-8-12-16-25)33(44)40-27(17-24-13-9-7-10-14-24)32(43)39-23(3)31(42)38-21-37-47-29-19-26-18-28(35(26,4)5)36(29,6)48-37/h7-16,22-23,26-30H,17-21H2,1-6H3,(H,38,42)(H,39,43)(H,40,44)(H,41,45)/t23-,26?,27-,28-,29+,30-,36-/m0/s1. The molecule has 2 aromatic carbocycles. The molecule has 4 aliphatic rings. The molecule has 1 aliphatic heterocycles. The van der Waals surface area contributed by atoms with Crippen LogP contribution in [0.5, 0.6) is 0 Å². The van der Waals surface area contributed by atoms with Gasteiger partial charge in [0.15, 0.2) is 0 Å². The molecule has 1 unspecified atom stereocenters. The van der Waals surface area contributed by atoms with Gasteiger partial charge in [0.05, 0.1) is 18.1 Å². The van der Waals surface area contributed by atoms with Gasteiger partial charge < -0.3 is 35.3 Å². The summed E-state index contributed by atoms with van der Waals surface area (Å²) in [6.45, 7) is 11.9. The zero-order chi connectivity index (χ0) is 34.6. The molecule has 48 heavy (non-hydrogen) atoms. The number of ether oxygens (including phenoxy) is 1. The van der Waals surface area contributed by atoms with Crippen molar-refractivity contribution < 1.29 is 33.2 Å². The van der Waals surface area contributed by atoms with Gasteiger partial charge in [-0.15, -0.1) is 0 Å². The second kappa shape index (κ2) is 14.7. The quantitative estimate of drug-likeness (QED) is 0.241. The van der Waals surface area contributed by atoms with Crippen molar-refractivity contribution in [2.45, 2.75) is 97.2 Å². The molecule has 6 rings (SSSR count). The summed E-state index contributed by atoms with van der Waals surface area (Å²) in [6, 6.07) is 15.6. The van der Waals surface area contributed by atoms with Gasteiger partial charge in [0.1, 0.15) is 24.7 Å². The van der Waals surface area contributed by atoms with E-state index < -0.39 is 49.1 Å². The van der Waals surface area contributed by atoms with Crippen molar-refractivity contribution in [3.8, 4) is 0 Å². The van der Waals surface area contributed by atoms with Crippen molar-refractivity contribution in [2.75, 3.05) is 6.44 Å². The van der Waals surface area contributed by atoms with Crippen molar-refractivity contribution in [1.82, 2.24) is 21.3 Å². The second-order valence-corrected chi connectivity index (χ2v) is 14.6. The molecule has 4 amide bonds. The predicted molar refractivity (Wildman–Crippen MR) is 181 cm³/mol. The van der Waals surface area contributed by atoms with Crippen LogP contribution in [0.4, 0.5) is 4.79 Å². The minimum absolute atomic E-state index is 0.00512. The molecule has 1 saturated heterocycles. The fourth-order valence-corrected chi connectivity index (χ4v) is 7.50. The van der Waals surface area contributed by atoms with Crippen LogP contribution in [0.25, 0.3) is 0 Å². The third-order valence-electron chi connectivity index (χ3n) is 10.5. The molecule has 4 N–H and O–H groups in total. The lowest BCUT2D eigenvalue weighted by atomic mass is 9.43. The van der Waals surface area contributed by atoms with Gasteiger partial charge in [-0.1, -0.05) is 88.4 Å². The smallest absolute Gasteiger partial charge is 0.445 e. The molecule has 12 heteroatoms. The monoisotopic (exact) mass is 660 g/mol. The van der Waals surface area contributed by atoms with Crippen molar-refractivity contribution >= 4 is 30.9 Å². The minimum atomic E-state index is -1.02. The number of benzene rings is 2.